The van der Waals surface area contributed by atoms with E-state index < -0.39 is 5.97 Å². The first-order valence-electron chi connectivity index (χ1n) is 4.73. The number of halogens is 2. The molecule has 2 nitrogen and oxygen atoms in total. The Labute approximate surface area is 94.9 Å². The van der Waals surface area contributed by atoms with Crippen LogP contribution in [0.4, 0.5) is 0 Å². The van der Waals surface area contributed by atoms with Gasteiger partial charge in [0.15, 0.2) is 0 Å². The number of carbonyl (C=O) groups is 1. The Morgan fingerprint density at radius 3 is 2.29 bits per heavy atom. The van der Waals surface area contributed by atoms with Crippen LogP contribution in [0.3, 0.4) is 0 Å². The fourth-order valence-electron chi connectivity index (χ4n) is 1.10. The monoisotopic (exact) mass is 238 g/mol. The molecule has 0 aliphatic rings. The molecule has 0 aromatic heterocycles. The van der Waals surface area contributed by atoms with Gasteiger partial charge in [0.2, 0.25) is 0 Å². The molecule has 0 aromatic rings. The third kappa shape index (κ3) is 8.39. The van der Waals surface area contributed by atoms with E-state index in [-0.39, 0.29) is 10.4 Å². The van der Waals surface area contributed by atoms with Crippen molar-refractivity contribution in [3.8, 4) is 0 Å². The van der Waals surface area contributed by atoms with Crippen molar-refractivity contribution in [3.05, 3.63) is 12.2 Å². The molecule has 0 heterocycles. The van der Waals surface area contributed by atoms with E-state index in [2.05, 4.69) is 6.58 Å². The van der Waals surface area contributed by atoms with Crippen LogP contribution < -0.4 is 0 Å². The first-order valence-corrected chi connectivity index (χ1v) is 5.60. The van der Waals surface area contributed by atoms with Crippen LogP contribution in [0.1, 0.15) is 38.5 Å². The van der Waals surface area contributed by atoms with Crippen LogP contribution >= 0.6 is 23.2 Å². The Bertz CT molecular complexity index is 191. The maximum absolute atomic E-state index is 10.4. The zero-order valence-corrected chi connectivity index (χ0v) is 9.65. The van der Waals surface area contributed by atoms with E-state index in [9.17, 15) is 4.79 Å². The van der Waals surface area contributed by atoms with E-state index in [0.717, 1.165) is 32.1 Å². The van der Waals surface area contributed by atoms with Crippen molar-refractivity contribution in [1.29, 1.82) is 0 Å². The smallest absolute Gasteiger partial charge is 0.330 e. The van der Waals surface area contributed by atoms with E-state index in [1.165, 1.54) is 0 Å². The molecule has 0 amide bonds. The summed E-state index contributed by atoms with van der Waals surface area (Å²) in [5.41, 5.74) is 0.289. The molecule has 4 heteroatoms. The van der Waals surface area contributed by atoms with Gasteiger partial charge < -0.3 is 5.11 Å². The second kappa shape index (κ2) is 8.13. The zero-order chi connectivity index (χ0) is 11.0. The average molecular weight is 239 g/mol. The Hall–Kier alpha value is -0.210. The lowest BCUT2D eigenvalue weighted by molar-refractivity contribution is -0.132. The molecule has 0 fully saturated rings. The Kier molecular flexibility index (Phi) is 8.01. The minimum Gasteiger partial charge on any atom is -0.478 e. The molecule has 0 spiro atoms. The molecule has 0 rings (SSSR count). The highest BCUT2D eigenvalue weighted by Gasteiger charge is 2.03. The van der Waals surface area contributed by atoms with Crippen LogP contribution in [0.5, 0.6) is 0 Å². The minimum atomic E-state index is -0.897. The summed E-state index contributed by atoms with van der Waals surface area (Å²) in [5, 5.41) is 8.52. The van der Waals surface area contributed by atoms with Gasteiger partial charge in [-0.1, -0.05) is 25.8 Å². The standard InChI is InChI=1S/C10H16Cl2O2/c1-8(10(13)14)6-4-2-3-5-7-9(11)12/h9H,1-7H2,(H,13,14). The molecule has 0 saturated carbocycles. The molecule has 14 heavy (non-hydrogen) atoms. The van der Waals surface area contributed by atoms with Gasteiger partial charge in [0.25, 0.3) is 0 Å². The molecule has 0 aliphatic carbocycles. The molecule has 0 radical (unpaired) electrons. The van der Waals surface area contributed by atoms with Crippen molar-refractivity contribution in [2.24, 2.45) is 0 Å². The van der Waals surface area contributed by atoms with Crippen molar-refractivity contribution < 1.29 is 9.90 Å². The third-order valence-electron chi connectivity index (χ3n) is 1.95. The summed E-state index contributed by atoms with van der Waals surface area (Å²) >= 11 is 11.1. The summed E-state index contributed by atoms with van der Waals surface area (Å²) in [6.07, 6.45) is 5.30. The number of hydrogen-bond donors (Lipinski definition) is 1. The topological polar surface area (TPSA) is 37.3 Å². The van der Waals surface area contributed by atoms with Crippen molar-refractivity contribution in [2.75, 3.05) is 0 Å². The van der Waals surface area contributed by atoms with Crippen LogP contribution in [0.2, 0.25) is 0 Å². The Morgan fingerprint density at radius 1 is 1.21 bits per heavy atom. The SMILES string of the molecule is C=C(CCCCCCC(Cl)Cl)C(=O)O. The van der Waals surface area contributed by atoms with E-state index in [1.54, 1.807) is 0 Å². The van der Waals surface area contributed by atoms with E-state index in [1.807, 2.05) is 0 Å². The lowest BCUT2D eigenvalue weighted by atomic mass is 10.1. The first kappa shape index (κ1) is 13.8. The highest BCUT2D eigenvalue weighted by Crippen LogP contribution is 2.14. The zero-order valence-electron chi connectivity index (χ0n) is 8.14. The molecule has 82 valence electrons. The van der Waals surface area contributed by atoms with Crippen LogP contribution in [0, 0.1) is 0 Å². The van der Waals surface area contributed by atoms with Gasteiger partial charge in [0, 0.05) is 5.57 Å². The number of carboxylic acids is 1. The Balaban J connectivity index is 3.22. The van der Waals surface area contributed by atoms with Gasteiger partial charge in [-0.05, 0) is 19.3 Å². The average Bonchev–Trinajstić information content (AvgIpc) is 2.09. The molecule has 0 aromatic carbocycles. The molecule has 1 N–H and O–H groups in total. The van der Waals surface area contributed by atoms with E-state index in [4.69, 9.17) is 28.3 Å². The molecular formula is C10H16Cl2O2. The van der Waals surface area contributed by atoms with Gasteiger partial charge in [-0.2, -0.15) is 0 Å². The van der Waals surface area contributed by atoms with Crippen molar-refractivity contribution in [2.45, 2.75) is 43.4 Å². The number of carboxylic acid groups (broad SMARTS) is 1. The number of hydrogen-bond acceptors (Lipinski definition) is 1. The number of alkyl halides is 2. The van der Waals surface area contributed by atoms with Gasteiger partial charge in [-0.3, -0.25) is 0 Å². The number of unbranched alkanes of at least 4 members (excludes halogenated alkanes) is 3. The first-order chi connectivity index (χ1) is 6.54. The lowest BCUT2D eigenvalue weighted by Crippen LogP contribution is -1.98. The molecule has 0 bridgehead atoms. The summed E-state index contributed by atoms with van der Waals surface area (Å²) in [7, 11) is 0. The summed E-state index contributed by atoms with van der Waals surface area (Å²) in [5.74, 6) is -0.897. The fourth-order valence-corrected chi connectivity index (χ4v) is 1.41. The largest absolute Gasteiger partial charge is 0.478 e. The lowest BCUT2D eigenvalue weighted by Gasteiger charge is -2.02. The minimum absolute atomic E-state index is 0.274. The quantitative estimate of drug-likeness (QED) is 0.397. The van der Waals surface area contributed by atoms with Gasteiger partial charge in [0.05, 0.1) is 0 Å². The maximum Gasteiger partial charge on any atom is 0.330 e. The van der Waals surface area contributed by atoms with Crippen LogP contribution in [-0.2, 0) is 4.79 Å². The van der Waals surface area contributed by atoms with E-state index >= 15 is 0 Å². The van der Waals surface area contributed by atoms with Crippen molar-refractivity contribution >= 4 is 29.2 Å². The second-order valence-electron chi connectivity index (χ2n) is 3.25. The Morgan fingerprint density at radius 2 is 1.79 bits per heavy atom. The second-order valence-corrected chi connectivity index (χ2v) is 4.53. The normalized spacial score (nSPS) is 10.5. The van der Waals surface area contributed by atoms with Crippen molar-refractivity contribution in [1.82, 2.24) is 0 Å². The molecular weight excluding hydrogens is 223 g/mol. The summed E-state index contributed by atoms with van der Waals surface area (Å²) < 4.78 is 0. The highest BCUT2D eigenvalue weighted by molar-refractivity contribution is 6.44. The van der Waals surface area contributed by atoms with Gasteiger partial charge in [-0.15, -0.1) is 23.2 Å². The number of aliphatic carboxylic acids is 1. The van der Waals surface area contributed by atoms with Gasteiger partial charge >= 0.3 is 5.97 Å². The highest BCUT2D eigenvalue weighted by atomic mass is 35.5. The molecule has 0 atom stereocenters. The summed E-state index contributed by atoms with van der Waals surface area (Å²) in [4.78, 5) is 10.1. The predicted molar refractivity (Wildman–Crippen MR) is 60.0 cm³/mol. The predicted octanol–water partition coefficient (Wildman–Crippen LogP) is 3.77. The maximum atomic E-state index is 10.4. The molecule has 0 unspecified atom stereocenters. The summed E-state index contributed by atoms with van der Waals surface area (Å²) in [6, 6.07) is 0. The van der Waals surface area contributed by atoms with Crippen LogP contribution in [-0.4, -0.2) is 15.9 Å². The van der Waals surface area contributed by atoms with Crippen LogP contribution in [0.15, 0.2) is 12.2 Å². The summed E-state index contributed by atoms with van der Waals surface area (Å²) in [6.45, 7) is 3.46. The third-order valence-corrected chi connectivity index (χ3v) is 2.39. The fraction of sp³-hybridized carbons (Fsp3) is 0.700. The van der Waals surface area contributed by atoms with E-state index in [0.29, 0.717) is 6.42 Å². The molecule has 0 saturated heterocycles. The molecule has 0 aliphatic heterocycles. The number of rotatable bonds is 8. The van der Waals surface area contributed by atoms with Gasteiger partial charge in [-0.25, -0.2) is 4.79 Å². The van der Waals surface area contributed by atoms with Crippen molar-refractivity contribution in [3.63, 3.8) is 0 Å². The van der Waals surface area contributed by atoms with Gasteiger partial charge in [0.1, 0.15) is 4.84 Å². The van der Waals surface area contributed by atoms with Crippen LogP contribution in [0.25, 0.3) is 0 Å².